The van der Waals surface area contributed by atoms with Gasteiger partial charge in [0.2, 0.25) is 0 Å². The second-order valence-electron chi connectivity index (χ2n) is 9.11. The molecule has 7 nitrogen and oxygen atoms in total. The average molecular weight is 489 g/mol. The average Bonchev–Trinajstić information content (AvgIpc) is 2.87. The topological polar surface area (TPSA) is 99.1 Å². The van der Waals surface area contributed by atoms with Gasteiger partial charge in [0.05, 0.1) is 22.5 Å². The summed E-state index contributed by atoms with van der Waals surface area (Å²) in [6, 6.07) is 16.9. The molecule has 0 radical (unpaired) electrons. The van der Waals surface area contributed by atoms with Gasteiger partial charge in [0, 0.05) is 18.8 Å². The lowest BCUT2D eigenvalue weighted by atomic mass is 10.0. The van der Waals surface area contributed by atoms with Crippen molar-refractivity contribution in [2.45, 2.75) is 46.0 Å². The van der Waals surface area contributed by atoms with E-state index in [0.29, 0.717) is 11.4 Å². The van der Waals surface area contributed by atoms with Crippen LogP contribution in [0.15, 0.2) is 54.6 Å². The molecule has 0 atom stereocenters. The zero-order valence-corrected chi connectivity index (χ0v) is 20.7. The molecule has 1 heterocycles. The van der Waals surface area contributed by atoms with Gasteiger partial charge < -0.3 is 25.2 Å². The van der Waals surface area contributed by atoms with Gasteiger partial charge in [0.1, 0.15) is 0 Å². The van der Waals surface area contributed by atoms with E-state index >= 15 is 0 Å². The summed E-state index contributed by atoms with van der Waals surface area (Å²) in [4.78, 5) is 25.7. The summed E-state index contributed by atoms with van der Waals surface area (Å²) in [6.45, 7) is 6.53. The molecule has 188 valence electrons. The first-order valence-corrected chi connectivity index (χ1v) is 12.5. The Morgan fingerprint density at radius 1 is 0.861 bits per heavy atom. The highest BCUT2D eigenvalue weighted by atomic mass is 16.5. The van der Waals surface area contributed by atoms with Crippen molar-refractivity contribution >= 4 is 29.0 Å². The van der Waals surface area contributed by atoms with Gasteiger partial charge in [-0.05, 0) is 66.8 Å². The first-order chi connectivity index (χ1) is 17.4. The number of nitrogens with one attached hydrogen (secondary N) is 1. The van der Waals surface area contributed by atoms with Crippen LogP contribution < -0.4 is 15.0 Å². The van der Waals surface area contributed by atoms with Crippen molar-refractivity contribution in [3.05, 3.63) is 76.9 Å². The summed E-state index contributed by atoms with van der Waals surface area (Å²) in [5.74, 6) is -1.74. The smallest absolute Gasteiger partial charge is 0.337 e. The SMILES string of the molecule is CCCCN(CCCC)c1cccc(Cc2ccc3c(c2)Nc2c(cc(C(=O)O)cc2C(=O)O)O3)c1. The minimum Gasteiger partial charge on any atom is -0.478 e. The molecule has 0 saturated carbocycles. The number of aromatic carboxylic acids is 2. The molecule has 4 rings (SSSR count). The first-order valence-electron chi connectivity index (χ1n) is 12.5. The normalized spacial score (nSPS) is 11.6. The van der Waals surface area contributed by atoms with Gasteiger partial charge in [-0.15, -0.1) is 0 Å². The van der Waals surface area contributed by atoms with E-state index in [2.05, 4.69) is 48.3 Å². The lowest BCUT2D eigenvalue weighted by Crippen LogP contribution is -2.25. The Morgan fingerprint density at radius 2 is 1.58 bits per heavy atom. The maximum Gasteiger partial charge on any atom is 0.337 e. The fourth-order valence-corrected chi connectivity index (χ4v) is 4.41. The second-order valence-corrected chi connectivity index (χ2v) is 9.11. The standard InChI is InChI=1S/C29H32N2O5/c1-3-5-12-31(13-6-4-2)22-9-7-8-19(15-22)14-20-10-11-25-24(16-20)30-27-23(29(34)35)17-21(28(32)33)18-26(27)36-25/h7-11,15-18,30H,3-6,12-14H2,1-2H3,(H,32,33)(H,34,35). The van der Waals surface area contributed by atoms with Crippen molar-refractivity contribution in [2.75, 3.05) is 23.3 Å². The quantitative estimate of drug-likeness (QED) is 0.210. The Balaban J connectivity index is 1.57. The van der Waals surface area contributed by atoms with E-state index in [0.717, 1.165) is 56.8 Å². The first kappa shape index (κ1) is 25.1. The maximum absolute atomic E-state index is 11.8. The molecule has 1 aliphatic rings. The third kappa shape index (κ3) is 5.62. The van der Waals surface area contributed by atoms with Crippen LogP contribution in [-0.4, -0.2) is 35.2 Å². The Kier molecular flexibility index (Phi) is 7.78. The summed E-state index contributed by atoms with van der Waals surface area (Å²) in [5.41, 5.74) is 4.10. The highest BCUT2D eigenvalue weighted by molar-refractivity contribution is 6.02. The molecule has 1 aliphatic heterocycles. The summed E-state index contributed by atoms with van der Waals surface area (Å²) in [5, 5.41) is 22.1. The van der Waals surface area contributed by atoms with Crippen LogP contribution in [0, 0.1) is 0 Å². The molecular weight excluding hydrogens is 456 g/mol. The molecule has 0 amide bonds. The molecule has 0 bridgehead atoms. The van der Waals surface area contributed by atoms with E-state index in [9.17, 15) is 19.8 Å². The number of carbonyl (C=O) groups is 2. The van der Waals surface area contributed by atoms with E-state index < -0.39 is 11.9 Å². The maximum atomic E-state index is 11.8. The van der Waals surface area contributed by atoms with Gasteiger partial charge in [0.15, 0.2) is 11.5 Å². The van der Waals surface area contributed by atoms with Gasteiger partial charge in [0.25, 0.3) is 0 Å². The molecule has 0 spiro atoms. The molecule has 0 saturated heterocycles. The second kappa shape index (κ2) is 11.2. The fraction of sp³-hybridized carbons (Fsp3) is 0.310. The number of carboxylic acids is 2. The molecule has 0 aromatic heterocycles. The van der Waals surface area contributed by atoms with Gasteiger partial charge in [-0.3, -0.25) is 0 Å². The number of benzene rings is 3. The lowest BCUT2D eigenvalue weighted by Gasteiger charge is -2.25. The Bertz CT molecular complexity index is 1260. The molecule has 0 aliphatic carbocycles. The number of fused-ring (bicyclic) bond motifs is 2. The van der Waals surface area contributed by atoms with E-state index in [1.54, 1.807) is 0 Å². The van der Waals surface area contributed by atoms with Crippen LogP contribution in [0.1, 0.15) is 71.4 Å². The summed E-state index contributed by atoms with van der Waals surface area (Å²) in [7, 11) is 0. The van der Waals surface area contributed by atoms with Crippen molar-refractivity contribution < 1.29 is 24.5 Å². The van der Waals surface area contributed by atoms with Crippen LogP contribution in [0.2, 0.25) is 0 Å². The van der Waals surface area contributed by atoms with Crippen molar-refractivity contribution in [3.8, 4) is 11.5 Å². The number of anilines is 3. The zero-order valence-electron chi connectivity index (χ0n) is 20.7. The number of rotatable bonds is 11. The monoisotopic (exact) mass is 488 g/mol. The molecule has 3 N–H and O–H groups in total. The van der Waals surface area contributed by atoms with E-state index in [1.165, 1.54) is 17.3 Å². The zero-order chi connectivity index (χ0) is 25.7. The molecule has 0 unspecified atom stereocenters. The number of unbranched alkanes of at least 4 members (excludes halogenated alkanes) is 2. The Labute approximate surface area is 211 Å². The highest BCUT2D eigenvalue weighted by Gasteiger charge is 2.25. The van der Waals surface area contributed by atoms with Crippen molar-refractivity contribution in [2.24, 2.45) is 0 Å². The Morgan fingerprint density at radius 3 is 2.25 bits per heavy atom. The highest BCUT2D eigenvalue weighted by Crippen LogP contribution is 2.44. The van der Waals surface area contributed by atoms with Crippen molar-refractivity contribution in [1.29, 1.82) is 0 Å². The van der Waals surface area contributed by atoms with E-state index in [1.807, 2.05) is 18.2 Å². The number of ether oxygens (including phenoxy) is 1. The third-order valence-corrected chi connectivity index (χ3v) is 6.35. The number of hydrogen-bond donors (Lipinski definition) is 3. The Hall–Kier alpha value is -4.00. The van der Waals surface area contributed by atoms with E-state index in [4.69, 9.17) is 4.74 Å². The largest absolute Gasteiger partial charge is 0.478 e. The molecule has 36 heavy (non-hydrogen) atoms. The molecule has 0 fully saturated rings. The van der Waals surface area contributed by atoms with Crippen LogP contribution >= 0.6 is 0 Å². The van der Waals surface area contributed by atoms with Crippen LogP contribution in [0.5, 0.6) is 11.5 Å². The predicted molar refractivity (Wildman–Crippen MR) is 141 cm³/mol. The van der Waals surface area contributed by atoms with Crippen molar-refractivity contribution in [1.82, 2.24) is 0 Å². The lowest BCUT2D eigenvalue weighted by molar-refractivity contribution is 0.0696. The van der Waals surface area contributed by atoms with Gasteiger partial charge in [-0.2, -0.15) is 0 Å². The molecule has 7 heteroatoms. The van der Waals surface area contributed by atoms with E-state index in [-0.39, 0.29) is 22.6 Å². The van der Waals surface area contributed by atoms with Crippen LogP contribution in [-0.2, 0) is 6.42 Å². The van der Waals surface area contributed by atoms with Crippen LogP contribution in [0.4, 0.5) is 17.1 Å². The predicted octanol–water partition coefficient (Wildman–Crippen LogP) is 6.93. The minimum atomic E-state index is -1.22. The van der Waals surface area contributed by atoms with Crippen molar-refractivity contribution in [3.63, 3.8) is 0 Å². The van der Waals surface area contributed by atoms with Gasteiger partial charge >= 0.3 is 11.9 Å². The summed E-state index contributed by atoms with van der Waals surface area (Å²) >= 11 is 0. The molecule has 3 aromatic rings. The molecular formula is C29H32N2O5. The van der Waals surface area contributed by atoms with Crippen LogP contribution in [0.25, 0.3) is 0 Å². The summed E-state index contributed by atoms with van der Waals surface area (Å²) in [6.07, 6.45) is 5.37. The number of nitrogens with zero attached hydrogens (tertiary/aromatic N) is 1. The summed E-state index contributed by atoms with van der Waals surface area (Å²) < 4.78 is 5.89. The fourth-order valence-electron chi connectivity index (χ4n) is 4.41. The number of carboxylic acid groups (broad SMARTS) is 2. The van der Waals surface area contributed by atoms with Crippen LogP contribution in [0.3, 0.4) is 0 Å². The third-order valence-electron chi connectivity index (χ3n) is 6.35. The molecule has 3 aromatic carbocycles. The minimum absolute atomic E-state index is 0.139. The van der Waals surface area contributed by atoms with Gasteiger partial charge in [-0.25, -0.2) is 9.59 Å². The number of hydrogen-bond acceptors (Lipinski definition) is 5. The van der Waals surface area contributed by atoms with Gasteiger partial charge in [-0.1, -0.05) is 44.9 Å².